The van der Waals surface area contributed by atoms with Crippen LogP contribution in [0.3, 0.4) is 0 Å². The number of carbonyl (C=O) groups excluding carboxylic acids is 2. The summed E-state index contributed by atoms with van der Waals surface area (Å²) in [7, 11) is 3.26. The van der Waals surface area contributed by atoms with E-state index in [1.54, 1.807) is 14.2 Å². The number of hydrogen-bond acceptors (Lipinski definition) is 5. The molecule has 3 atom stereocenters. The van der Waals surface area contributed by atoms with E-state index in [0.717, 1.165) is 28.9 Å². The number of methoxy groups -OCH3 is 2. The zero-order valence-electron chi connectivity index (χ0n) is 21.7. The van der Waals surface area contributed by atoms with Crippen molar-refractivity contribution in [1.82, 2.24) is 4.90 Å². The molecule has 0 N–H and O–H groups in total. The Labute approximate surface area is 205 Å². The summed E-state index contributed by atoms with van der Waals surface area (Å²) in [6, 6.07) is 15.3. The maximum atomic E-state index is 12.7. The smallest absolute Gasteiger partial charge is 0.223 e. The van der Waals surface area contributed by atoms with Crippen molar-refractivity contribution in [3.05, 3.63) is 59.7 Å². The zero-order valence-corrected chi connectivity index (χ0v) is 21.7. The number of rotatable bonds is 10. The Balaban J connectivity index is 0.00000137. The minimum Gasteiger partial charge on any atom is -0.497 e. The first-order valence-corrected chi connectivity index (χ1v) is 12.2. The SMILES string of the molecule is CC.CC.COc1ccc(COC(CC=O)C2CC(=O)N(C(C)c3ccc(OC)cc3)C2)cc1. The van der Waals surface area contributed by atoms with E-state index in [1.807, 2.05) is 88.0 Å². The van der Waals surface area contributed by atoms with Crippen molar-refractivity contribution < 1.29 is 23.8 Å². The van der Waals surface area contributed by atoms with Crippen LogP contribution in [0.5, 0.6) is 11.5 Å². The van der Waals surface area contributed by atoms with Crippen molar-refractivity contribution in [3.8, 4) is 11.5 Å². The summed E-state index contributed by atoms with van der Waals surface area (Å²) in [5.74, 6) is 1.65. The highest BCUT2D eigenvalue weighted by Gasteiger charge is 2.37. The van der Waals surface area contributed by atoms with Gasteiger partial charge < -0.3 is 23.9 Å². The second-order valence-corrected chi connectivity index (χ2v) is 7.56. The van der Waals surface area contributed by atoms with E-state index in [9.17, 15) is 9.59 Å². The number of amides is 1. The zero-order chi connectivity index (χ0) is 25.5. The van der Waals surface area contributed by atoms with E-state index >= 15 is 0 Å². The highest BCUT2D eigenvalue weighted by Crippen LogP contribution is 2.32. The van der Waals surface area contributed by atoms with Gasteiger partial charge in [0.1, 0.15) is 17.8 Å². The number of aldehydes is 1. The minimum absolute atomic E-state index is 0.0124. The second-order valence-electron chi connectivity index (χ2n) is 7.56. The molecule has 1 fully saturated rings. The Morgan fingerprint density at radius 1 is 0.941 bits per heavy atom. The number of hydrogen-bond donors (Lipinski definition) is 0. The first-order valence-electron chi connectivity index (χ1n) is 12.2. The molecule has 6 nitrogen and oxygen atoms in total. The molecule has 3 unspecified atom stereocenters. The maximum absolute atomic E-state index is 12.7. The Bertz CT molecular complexity index is 835. The third-order valence-electron chi connectivity index (χ3n) is 5.73. The first kappa shape index (κ1) is 29.2. The predicted octanol–water partition coefficient (Wildman–Crippen LogP) is 5.84. The Morgan fingerprint density at radius 3 is 1.97 bits per heavy atom. The summed E-state index contributed by atoms with van der Waals surface area (Å²) in [6.45, 7) is 11.0. The molecular weight excluding hydrogens is 430 g/mol. The fraction of sp³-hybridized carbons (Fsp3) is 0.500. The molecular formula is C28H41NO5. The van der Waals surface area contributed by atoms with Gasteiger partial charge in [0, 0.05) is 25.3 Å². The van der Waals surface area contributed by atoms with Crippen molar-refractivity contribution in [2.45, 2.75) is 66.2 Å². The molecule has 0 saturated carbocycles. The van der Waals surface area contributed by atoms with Gasteiger partial charge >= 0.3 is 0 Å². The van der Waals surface area contributed by atoms with Gasteiger partial charge in [-0.25, -0.2) is 0 Å². The fourth-order valence-corrected chi connectivity index (χ4v) is 3.86. The Hall–Kier alpha value is -2.86. The van der Waals surface area contributed by atoms with Crippen molar-refractivity contribution >= 4 is 12.2 Å². The molecule has 0 spiro atoms. The van der Waals surface area contributed by atoms with Crippen LogP contribution in [0, 0.1) is 5.92 Å². The molecule has 1 heterocycles. The summed E-state index contributed by atoms with van der Waals surface area (Å²) >= 11 is 0. The topological polar surface area (TPSA) is 65.1 Å². The van der Waals surface area contributed by atoms with Gasteiger partial charge in [-0.2, -0.15) is 0 Å². The monoisotopic (exact) mass is 471 g/mol. The minimum atomic E-state index is -0.290. The molecule has 0 radical (unpaired) electrons. The van der Waals surface area contributed by atoms with Crippen LogP contribution in [-0.2, 0) is 20.9 Å². The number of benzene rings is 2. The lowest BCUT2D eigenvalue weighted by Crippen LogP contribution is -2.31. The van der Waals surface area contributed by atoms with Crippen molar-refractivity contribution in [2.24, 2.45) is 5.92 Å². The van der Waals surface area contributed by atoms with Crippen LogP contribution in [0.2, 0.25) is 0 Å². The van der Waals surface area contributed by atoms with E-state index in [0.29, 0.717) is 19.6 Å². The van der Waals surface area contributed by atoms with Crippen LogP contribution in [-0.4, -0.2) is 44.0 Å². The molecule has 1 saturated heterocycles. The van der Waals surface area contributed by atoms with Gasteiger partial charge in [0.05, 0.1) is 33.0 Å². The van der Waals surface area contributed by atoms with E-state index < -0.39 is 0 Å². The Kier molecular flexibility index (Phi) is 13.6. The fourth-order valence-electron chi connectivity index (χ4n) is 3.86. The highest BCUT2D eigenvalue weighted by molar-refractivity contribution is 5.79. The van der Waals surface area contributed by atoms with Crippen LogP contribution >= 0.6 is 0 Å². The molecule has 0 aromatic heterocycles. The van der Waals surface area contributed by atoms with Gasteiger partial charge in [-0.05, 0) is 42.3 Å². The summed E-state index contributed by atoms with van der Waals surface area (Å²) in [6.07, 6.45) is 1.25. The molecule has 0 aliphatic carbocycles. The summed E-state index contributed by atoms with van der Waals surface area (Å²) in [5.41, 5.74) is 2.05. The second kappa shape index (κ2) is 15.9. The van der Waals surface area contributed by atoms with Crippen molar-refractivity contribution in [2.75, 3.05) is 20.8 Å². The van der Waals surface area contributed by atoms with Crippen LogP contribution in [0.4, 0.5) is 0 Å². The lowest BCUT2D eigenvalue weighted by Gasteiger charge is -2.27. The first-order chi connectivity index (χ1) is 16.5. The van der Waals surface area contributed by atoms with Crippen LogP contribution < -0.4 is 9.47 Å². The van der Waals surface area contributed by atoms with Gasteiger partial charge in [0.2, 0.25) is 5.91 Å². The van der Waals surface area contributed by atoms with E-state index in [-0.39, 0.29) is 30.4 Å². The van der Waals surface area contributed by atoms with E-state index in [1.165, 1.54) is 0 Å². The van der Waals surface area contributed by atoms with Gasteiger partial charge in [-0.3, -0.25) is 4.79 Å². The van der Waals surface area contributed by atoms with Crippen LogP contribution in [0.15, 0.2) is 48.5 Å². The molecule has 1 amide bonds. The Morgan fingerprint density at radius 2 is 1.47 bits per heavy atom. The van der Waals surface area contributed by atoms with Gasteiger partial charge in [-0.1, -0.05) is 52.0 Å². The molecule has 3 rings (SSSR count). The standard InChI is InChI=1S/C24H29NO5.2C2H6/c1-17(19-6-10-22(29-3)11-7-19)25-15-20(14-24(25)27)23(12-13-26)30-16-18-4-8-21(28-2)9-5-18;2*1-2/h4-11,13,17,20,23H,12,14-16H2,1-3H3;2*1-2H3. The van der Waals surface area contributed by atoms with E-state index in [4.69, 9.17) is 14.2 Å². The van der Waals surface area contributed by atoms with Crippen LogP contribution in [0.1, 0.15) is 64.6 Å². The lowest BCUT2D eigenvalue weighted by atomic mass is 9.99. The number of carbonyl (C=O) groups is 2. The van der Waals surface area contributed by atoms with E-state index in [2.05, 4.69) is 0 Å². The lowest BCUT2D eigenvalue weighted by molar-refractivity contribution is -0.129. The molecule has 188 valence electrons. The largest absolute Gasteiger partial charge is 0.497 e. The molecule has 6 heteroatoms. The van der Waals surface area contributed by atoms with Crippen molar-refractivity contribution in [1.29, 1.82) is 0 Å². The predicted molar refractivity (Wildman–Crippen MR) is 136 cm³/mol. The van der Waals surface area contributed by atoms with Gasteiger partial charge in [-0.15, -0.1) is 0 Å². The molecule has 34 heavy (non-hydrogen) atoms. The third kappa shape index (κ3) is 8.17. The number of likely N-dealkylation sites (tertiary alicyclic amines) is 1. The summed E-state index contributed by atoms with van der Waals surface area (Å²) in [4.78, 5) is 25.8. The molecule has 0 bridgehead atoms. The summed E-state index contributed by atoms with van der Waals surface area (Å²) in [5, 5.41) is 0. The average molecular weight is 472 g/mol. The van der Waals surface area contributed by atoms with Gasteiger partial charge in [0.15, 0.2) is 0 Å². The third-order valence-corrected chi connectivity index (χ3v) is 5.73. The number of ether oxygens (including phenoxy) is 3. The number of nitrogens with zero attached hydrogens (tertiary/aromatic N) is 1. The van der Waals surface area contributed by atoms with Gasteiger partial charge in [0.25, 0.3) is 0 Å². The normalized spacial score (nSPS) is 16.4. The van der Waals surface area contributed by atoms with Crippen LogP contribution in [0.25, 0.3) is 0 Å². The summed E-state index contributed by atoms with van der Waals surface area (Å²) < 4.78 is 16.5. The molecule has 1 aliphatic rings. The molecule has 1 aliphatic heterocycles. The average Bonchev–Trinajstić information content (AvgIpc) is 3.30. The van der Waals surface area contributed by atoms with Crippen molar-refractivity contribution in [3.63, 3.8) is 0 Å². The highest BCUT2D eigenvalue weighted by atomic mass is 16.5. The molecule has 2 aromatic carbocycles. The quantitative estimate of drug-likeness (QED) is 0.407. The maximum Gasteiger partial charge on any atom is 0.223 e. The molecule has 2 aromatic rings.